The van der Waals surface area contributed by atoms with E-state index in [1.807, 2.05) is 0 Å². The van der Waals surface area contributed by atoms with E-state index in [4.69, 9.17) is 5.11 Å². The molecule has 0 fully saturated rings. The second-order valence-corrected chi connectivity index (χ2v) is 5.05. The predicted molar refractivity (Wildman–Crippen MR) is 71.5 cm³/mol. The van der Waals surface area contributed by atoms with Gasteiger partial charge in [-0.15, -0.1) is 13.2 Å². The van der Waals surface area contributed by atoms with Gasteiger partial charge in [-0.25, -0.2) is 0 Å². The van der Waals surface area contributed by atoms with Crippen LogP contribution in [0.5, 0.6) is 5.75 Å². The van der Waals surface area contributed by atoms with E-state index in [0.717, 1.165) is 17.0 Å². The van der Waals surface area contributed by atoms with E-state index in [1.54, 1.807) is 13.8 Å². The van der Waals surface area contributed by atoms with Crippen LogP contribution in [0.1, 0.15) is 24.2 Å². The molecule has 0 spiro atoms. The molecule has 122 valence electrons. The molecule has 1 amide bonds. The molecule has 8 heteroatoms. The fraction of sp³-hybridized carbons (Fsp3) is 0.429. The van der Waals surface area contributed by atoms with Crippen LogP contribution in [0.2, 0.25) is 0 Å². The first-order chi connectivity index (χ1) is 10.1. The first kappa shape index (κ1) is 17.8. The van der Waals surface area contributed by atoms with E-state index in [-0.39, 0.29) is 18.0 Å². The van der Waals surface area contributed by atoms with Crippen LogP contribution >= 0.6 is 0 Å². The Kier molecular flexibility index (Phi) is 5.78. The molecule has 0 radical (unpaired) electrons. The van der Waals surface area contributed by atoms with Crippen LogP contribution in [0.4, 0.5) is 13.2 Å². The SMILES string of the molecule is CC(C)CN(CC(=O)O)C(=O)c1cccc(OC(F)(F)F)c1. The Labute approximate surface area is 125 Å². The Morgan fingerprint density at radius 2 is 1.95 bits per heavy atom. The van der Waals surface area contributed by atoms with E-state index in [1.165, 1.54) is 12.1 Å². The average molecular weight is 319 g/mol. The number of ether oxygens (including phenoxy) is 1. The molecule has 22 heavy (non-hydrogen) atoms. The highest BCUT2D eigenvalue weighted by Crippen LogP contribution is 2.23. The number of halogens is 3. The summed E-state index contributed by atoms with van der Waals surface area (Å²) in [5, 5.41) is 8.83. The van der Waals surface area contributed by atoms with Gasteiger partial charge in [0, 0.05) is 12.1 Å². The van der Waals surface area contributed by atoms with Crippen LogP contribution in [0.3, 0.4) is 0 Å². The summed E-state index contributed by atoms with van der Waals surface area (Å²) in [4.78, 5) is 24.1. The van der Waals surface area contributed by atoms with Gasteiger partial charge in [-0.05, 0) is 24.1 Å². The summed E-state index contributed by atoms with van der Waals surface area (Å²) in [6.07, 6.45) is -4.86. The maximum absolute atomic E-state index is 12.3. The molecule has 0 aliphatic rings. The molecular formula is C14H16F3NO4. The molecule has 0 atom stereocenters. The summed E-state index contributed by atoms with van der Waals surface area (Å²) in [6, 6.07) is 4.54. The molecule has 1 aromatic carbocycles. The van der Waals surface area contributed by atoms with Crippen molar-refractivity contribution >= 4 is 11.9 Å². The molecular weight excluding hydrogens is 303 g/mol. The Morgan fingerprint density at radius 1 is 1.32 bits per heavy atom. The average Bonchev–Trinajstić information content (AvgIpc) is 2.34. The van der Waals surface area contributed by atoms with Crippen molar-refractivity contribution in [1.29, 1.82) is 0 Å². The Bertz CT molecular complexity index is 543. The molecule has 0 saturated heterocycles. The summed E-state index contributed by atoms with van der Waals surface area (Å²) in [5.74, 6) is -2.38. The number of rotatable bonds is 6. The zero-order chi connectivity index (χ0) is 16.9. The largest absolute Gasteiger partial charge is 0.573 e. The van der Waals surface area contributed by atoms with E-state index < -0.39 is 30.5 Å². The summed E-state index contributed by atoms with van der Waals surface area (Å²) < 4.78 is 40.3. The number of hydrogen-bond acceptors (Lipinski definition) is 3. The second kappa shape index (κ2) is 7.15. The van der Waals surface area contributed by atoms with Crippen LogP contribution in [0.25, 0.3) is 0 Å². The van der Waals surface area contributed by atoms with Crippen molar-refractivity contribution in [1.82, 2.24) is 4.90 Å². The second-order valence-electron chi connectivity index (χ2n) is 5.05. The minimum absolute atomic E-state index is 0.0120. The van der Waals surface area contributed by atoms with Gasteiger partial charge < -0.3 is 14.7 Å². The third kappa shape index (κ3) is 6.02. The topological polar surface area (TPSA) is 66.8 Å². The zero-order valence-electron chi connectivity index (χ0n) is 12.1. The summed E-state index contributed by atoms with van der Waals surface area (Å²) in [5.41, 5.74) is -0.0661. The van der Waals surface area contributed by atoms with Gasteiger partial charge in [0.15, 0.2) is 0 Å². The number of alkyl halides is 3. The normalized spacial score (nSPS) is 11.4. The number of benzene rings is 1. The van der Waals surface area contributed by atoms with Gasteiger partial charge in [0.25, 0.3) is 5.91 Å². The fourth-order valence-electron chi connectivity index (χ4n) is 1.83. The molecule has 1 aromatic rings. The van der Waals surface area contributed by atoms with Crippen molar-refractivity contribution in [3.05, 3.63) is 29.8 Å². The van der Waals surface area contributed by atoms with Crippen LogP contribution < -0.4 is 4.74 Å². The summed E-state index contributed by atoms with van der Waals surface area (Å²) >= 11 is 0. The van der Waals surface area contributed by atoms with Crippen molar-refractivity contribution in [2.45, 2.75) is 20.2 Å². The van der Waals surface area contributed by atoms with Gasteiger partial charge in [-0.2, -0.15) is 0 Å². The Balaban J connectivity index is 2.98. The Hall–Kier alpha value is -2.25. The van der Waals surface area contributed by atoms with E-state index in [0.29, 0.717) is 0 Å². The van der Waals surface area contributed by atoms with Gasteiger partial charge in [0.05, 0.1) is 0 Å². The lowest BCUT2D eigenvalue weighted by atomic mass is 10.1. The number of carboxylic acid groups (broad SMARTS) is 1. The number of nitrogens with zero attached hydrogens (tertiary/aromatic N) is 1. The molecule has 0 heterocycles. The highest BCUT2D eigenvalue weighted by atomic mass is 19.4. The molecule has 1 rings (SSSR count). The van der Waals surface area contributed by atoms with Crippen molar-refractivity contribution in [2.24, 2.45) is 5.92 Å². The number of hydrogen-bond donors (Lipinski definition) is 1. The van der Waals surface area contributed by atoms with E-state index in [9.17, 15) is 22.8 Å². The summed E-state index contributed by atoms with van der Waals surface area (Å²) in [6.45, 7) is 3.24. The van der Waals surface area contributed by atoms with Gasteiger partial charge >= 0.3 is 12.3 Å². The third-order valence-electron chi connectivity index (χ3n) is 2.51. The Morgan fingerprint density at radius 3 is 2.45 bits per heavy atom. The molecule has 0 unspecified atom stereocenters. The molecule has 5 nitrogen and oxygen atoms in total. The highest BCUT2D eigenvalue weighted by Gasteiger charge is 2.31. The molecule has 1 N–H and O–H groups in total. The quantitative estimate of drug-likeness (QED) is 0.875. The lowest BCUT2D eigenvalue weighted by molar-refractivity contribution is -0.274. The molecule has 0 bridgehead atoms. The predicted octanol–water partition coefficient (Wildman–Crippen LogP) is 2.77. The van der Waals surface area contributed by atoms with Gasteiger partial charge in [-0.3, -0.25) is 9.59 Å². The monoisotopic (exact) mass is 319 g/mol. The van der Waals surface area contributed by atoms with Gasteiger partial charge in [-0.1, -0.05) is 19.9 Å². The van der Waals surface area contributed by atoms with Crippen molar-refractivity contribution in [3.63, 3.8) is 0 Å². The maximum Gasteiger partial charge on any atom is 0.573 e. The van der Waals surface area contributed by atoms with Crippen molar-refractivity contribution in [3.8, 4) is 5.75 Å². The van der Waals surface area contributed by atoms with Crippen LogP contribution in [-0.2, 0) is 4.79 Å². The van der Waals surface area contributed by atoms with E-state index in [2.05, 4.69) is 4.74 Å². The number of aliphatic carboxylic acids is 1. The van der Waals surface area contributed by atoms with Crippen LogP contribution in [-0.4, -0.2) is 41.3 Å². The molecule has 0 saturated carbocycles. The zero-order valence-corrected chi connectivity index (χ0v) is 12.1. The first-order valence-corrected chi connectivity index (χ1v) is 6.45. The van der Waals surface area contributed by atoms with E-state index >= 15 is 0 Å². The fourth-order valence-corrected chi connectivity index (χ4v) is 1.83. The summed E-state index contributed by atoms with van der Waals surface area (Å²) in [7, 11) is 0. The number of amides is 1. The standard InChI is InChI=1S/C14H16F3NO4/c1-9(2)7-18(8-12(19)20)13(21)10-4-3-5-11(6-10)22-14(15,16)17/h3-6,9H,7-8H2,1-2H3,(H,19,20). The lowest BCUT2D eigenvalue weighted by Crippen LogP contribution is -2.38. The third-order valence-corrected chi connectivity index (χ3v) is 2.51. The first-order valence-electron chi connectivity index (χ1n) is 6.45. The van der Waals surface area contributed by atoms with Gasteiger partial charge in [0.1, 0.15) is 12.3 Å². The highest BCUT2D eigenvalue weighted by molar-refractivity contribution is 5.96. The van der Waals surface area contributed by atoms with Gasteiger partial charge in [0.2, 0.25) is 0 Å². The lowest BCUT2D eigenvalue weighted by Gasteiger charge is -2.23. The number of carbonyl (C=O) groups is 2. The molecule has 0 aromatic heterocycles. The minimum Gasteiger partial charge on any atom is -0.480 e. The maximum atomic E-state index is 12.3. The molecule has 0 aliphatic heterocycles. The minimum atomic E-state index is -4.86. The molecule has 0 aliphatic carbocycles. The smallest absolute Gasteiger partial charge is 0.480 e. The number of carboxylic acids is 1. The number of carbonyl (C=O) groups excluding carboxylic acids is 1. The van der Waals surface area contributed by atoms with Crippen LogP contribution in [0, 0.1) is 5.92 Å². The van der Waals surface area contributed by atoms with Crippen LogP contribution in [0.15, 0.2) is 24.3 Å². The van der Waals surface area contributed by atoms with Crippen molar-refractivity contribution < 1.29 is 32.6 Å². The van der Waals surface area contributed by atoms with Crippen molar-refractivity contribution in [2.75, 3.05) is 13.1 Å².